The number of hydrogen-bond donors (Lipinski definition) is 1. The molecule has 0 saturated heterocycles. The van der Waals surface area contributed by atoms with Gasteiger partial charge in [0.1, 0.15) is 6.26 Å². The van der Waals surface area contributed by atoms with E-state index in [1.165, 1.54) is 0 Å². The zero-order valence-corrected chi connectivity index (χ0v) is 5.03. The Hall–Kier alpha value is -1.58. The molecule has 0 atom stereocenters. The van der Waals surface area contributed by atoms with E-state index >= 15 is 0 Å². The van der Waals surface area contributed by atoms with Crippen molar-refractivity contribution in [3.05, 3.63) is 24.9 Å². The van der Waals surface area contributed by atoms with Gasteiger partial charge in [-0.05, 0) is 6.07 Å². The van der Waals surface area contributed by atoms with E-state index in [0.717, 1.165) is 5.56 Å². The molecule has 0 bridgehead atoms. The van der Waals surface area contributed by atoms with Crippen LogP contribution in [-0.2, 0) is 0 Å². The first-order chi connectivity index (χ1) is 4.97. The third-order valence-corrected chi connectivity index (χ3v) is 1.17. The number of nitrogens with zero attached hydrogens (tertiary/aromatic N) is 2. The van der Waals surface area contributed by atoms with Gasteiger partial charge in [-0.25, -0.2) is 0 Å². The zero-order valence-electron chi connectivity index (χ0n) is 5.03. The molecule has 4 nitrogen and oxygen atoms in total. The maximum absolute atomic E-state index is 4.84. The summed E-state index contributed by atoms with van der Waals surface area (Å²) in [7, 11) is 0. The van der Waals surface area contributed by atoms with Gasteiger partial charge in [-0.15, -0.1) is 10.2 Å². The van der Waals surface area contributed by atoms with Crippen molar-refractivity contribution in [1.29, 1.82) is 0 Å². The van der Waals surface area contributed by atoms with Gasteiger partial charge >= 0.3 is 0 Å². The van der Waals surface area contributed by atoms with Gasteiger partial charge in [-0.3, -0.25) is 0 Å². The summed E-state index contributed by atoms with van der Waals surface area (Å²) in [6.45, 7) is 0. The SMILES string of the molecule is [c]1nnc(-c2ccoc2)[nH]1. The predicted molar refractivity (Wildman–Crippen MR) is 32.9 cm³/mol. The van der Waals surface area contributed by atoms with Crippen molar-refractivity contribution in [3.8, 4) is 11.4 Å². The van der Waals surface area contributed by atoms with Crippen LogP contribution in [0.3, 0.4) is 0 Å². The highest BCUT2D eigenvalue weighted by Crippen LogP contribution is 2.12. The molecule has 0 fully saturated rings. The van der Waals surface area contributed by atoms with Crippen LogP contribution >= 0.6 is 0 Å². The normalized spacial score (nSPS) is 10.0. The average molecular weight is 134 g/mol. The predicted octanol–water partition coefficient (Wildman–Crippen LogP) is 0.865. The van der Waals surface area contributed by atoms with E-state index in [0.29, 0.717) is 5.82 Å². The Morgan fingerprint density at radius 2 is 2.60 bits per heavy atom. The monoisotopic (exact) mass is 134 g/mol. The number of rotatable bonds is 1. The number of aromatic amines is 1. The Morgan fingerprint density at radius 1 is 1.60 bits per heavy atom. The molecule has 4 heteroatoms. The van der Waals surface area contributed by atoms with Gasteiger partial charge in [0.25, 0.3) is 0 Å². The third-order valence-electron chi connectivity index (χ3n) is 1.17. The molecule has 0 spiro atoms. The lowest BCUT2D eigenvalue weighted by Gasteiger charge is -1.81. The van der Waals surface area contributed by atoms with E-state index in [4.69, 9.17) is 4.42 Å². The van der Waals surface area contributed by atoms with E-state index in [1.807, 2.05) is 0 Å². The van der Waals surface area contributed by atoms with Crippen molar-refractivity contribution in [2.24, 2.45) is 0 Å². The summed E-state index contributed by atoms with van der Waals surface area (Å²) in [4.78, 5) is 2.73. The molecule has 0 aromatic carbocycles. The molecule has 0 unspecified atom stereocenters. The molecule has 2 aromatic heterocycles. The highest BCUT2D eigenvalue weighted by atomic mass is 16.3. The molecule has 0 aliphatic heterocycles. The van der Waals surface area contributed by atoms with Crippen molar-refractivity contribution in [3.63, 3.8) is 0 Å². The summed E-state index contributed by atoms with van der Waals surface area (Å²) in [5.74, 6) is 0.675. The zero-order chi connectivity index (χ0) is 6.81. The van der Waals surface area contributed by atoms with Crippen molar-refractivity contribution in [2.75, 3.05) is 0 Å². The van der Waals surface area contributed by atoms with Crippen LogP contribution in [0.1, 0.15) is 0 Å². The van der Waals surface area contributed by atoms with Crippen LogP contribution in [0.2, 0.25) is 0 Å². The molecule has 0 aliphatic carbocycles. The van der Waals surface area contributed by atoms with Crippen LogP contribution in [0.5, 0.6) is 0 Å². The van der Waals surface area contributed by atoms with Gasteiger partial charge in [0.2, 0.25) is 0 Å². The smallest absolute Gasteiger partial charge is 0.199 e. The molecular weight excluding hydrogens is 130 g/mol. The first-order valence-electron chi connectivity index (χ1n) is 2.78. The number of hydrogen-bond acceptors (Lipinski definition) is 3. The van der Waals surface area contributed by atoms with E-state index in [-0.39, 0.29) is 0 Å². The lowest BCUT2D eigenvalue weighted by Crippen LogP contribution is -1.74. The standard InChI is InChI=1S/C6H4N3O/c1-2-10-3-5(1)6-7-4-8-9-6/h1-3H,(H,7,8,9). The van der Waals surface area contributed by atoms with Gasteiger partial charge in [-0.2, -0.15) is 0 Å². The maximum Gasteiger partial charge on any atom is 0.199 e. The first kappa shape index (κ1) is 5.22. The minimum Gasteiger partial charge on any atom is -0.472 e. The minimum absolute atomic E-state index is 0.675. The summed E-state index contributed by atoms with van der Waals surface area (Å²) in [6.07, 6.45) is 5.66. The summed E-state index contributed by atoms with van der Waals surface area (Å²) < 4.78 is 4.84. The second-order valence-corrected chi connectivity index (χ2v) is 1.80. The van der Waals surface area contributed by atoms with Gasteiger partial charge in [0.15, 0.2) is 12.2 Å². The lowest BCUT2D eigenvalue weighted by atomic mass is 10.3. The molecule has 49 valence electrons. The van der Waals surface area contributed by atoms with Crippen molar-refractivity contribution in [2.45, 2.75) is 0 Å². The van der Waals surface area contributed by atoms with E-state index in [2.05, 4.69) is 21.5 Å². The summed E-state index contributed by atoms with van der Waals surface area (Å²) >= 11 is 0. The van der Waals surface area contributed by atoms with E-state index in [1.54, 1.807) is 18.6 Å². The van der Waals surface area contributed by atoms with Gasteiger partial charge in [-0.1, -0.05) is 0 Å². The Bertz CT molecular complexity index is 252. The largest absolute Gasteiger partial charge is 0.472 e. The number of aromatic nitrogens is 3. The van der Waals surface area contributed by atoms with Crippen LogP contribution in [0, 0.1) is 6.33 Å². The van der Waals surface area contributed by atoms with Crippen LogP contribution in [0.15, 0.2) is 23.0 Å². The highest BCUT2D eigenvalue weighted by molar-refractivity contribution is 5.51. The number of H-pyrrole nitrogens is 1. The summed E-state index contributed by atoms with van der Waals surface area (Å²) in [5, 5.41) is 7.24. The molecular formula is C6H4N3O. The second-order valence-electron chi connectivity index (χ2n) is 1.80. The Kier molecular flexibility index (Phi) is 1.04. The van der Waals surface area contributed by atoms with Gasteiger partial charge < -0.3 is 9.40 Å². The van der Waals surface area contributed by atoms with Crippen molar-refractivity contribution in [1.82, 2.24) is 15.2 Å². The summed E-state index contributed by atoms with van der Waals surface area (Å²) in [5.41, 5.74) is 0.883. The average Bonchev–Trinajstić information content (AvgIpc) is 2.59. The summed E-state index contributed by atoms with van der Waals surface area (Å²) in [6, 6.07) is 1.80. The van der Waals surface area contributed by atoms with E-state index in [9.17, 15) is 0 Å². The fourth-order valence-corrected chi connectivity index (χ4v) is 0.707. The van der Waals surface area contributed by atoms with Crippen molar-refractivity contribution < 1.29 is 4.42 Å². The minimum atomic E-state index is 0.675. The second kappa shape index (κ2) is 1.98. The molecule has 1 radical (unpaired) electrons. The number of nitrogens with one attached hydrogen (secondary N) is 1. The topological polar surface area (TPSA) is 54.7 Å². The quantitative estimate of drug-likeness (QED) is 0.629. The molecule has 2 rings (SSSR count). The Balaban J connectivity index is 2.48. The Morgan fingerprint density at radius 3 is 3.20 bits per heavy atom. The van der Waals surface area contributed by atoms with Crippen LogP contribution in [-0.4, -0.2) is 15.2 Å². The highest BCUT2D eigenvalue weighted by Gasteiger charge is 1.99. The van der Waals surface area contributed by atoms with Gasteiger partial charge in [0, 0.05) is 0 Å². The third kappa shape index (κ3) is 0.699. The molecule has 2 heterocycles. The van der Waals surface area contributed by atoms with Crippen molar-refractivity contribution >= 4 is 0 Å². The molecule has 10 heavy (non-hydrogen) atoms. The van der Waals surface area contributed by atoms with Crippen LogP contribution < -0.4 is 0 Å². The van der Waals surface area contributed by atoms with Crippen LogP contribution in [0.4, 0.5) is 0 Å². The number of furan rings is 1. The fourth-order valence-electron chi connectivity index (χ4n) is 0.707. The lowest BCUT2D eigenvalue weighted by molar-refractivity contribution is 0.568. The fraction of sp³-hybridized carbons (Fsp3) is 0. The molecule has 1 N–H and O–H groups in total. The van der Waals surface area contributed by atoms with Crippen LogP contribution in [0.25, 0.3) is 11.4 Å². The maximum atomic E-state index is 4.84. The molecule has 2 aromatic rings. The molecule has 0 saturated carbocycles. The molecule has 0 amide bonds. The van der Waals surface area contributed by atoms with E-state index < -0.39 is 0 Å². The molecule has 0 aliphatic rings. The first-order valence-corrected chi connectivity index (χ1v) is 2.78. The Labute approximate surface area is 56.9 Å². The van der Waals surface area contributed by atoms with Gasteiger partial charge in [0.05, 0.1) is 11.8 Å².